The molecule has 0 aliphatic heterocycles. The van der Waals surface area contributed by atoms with E-state index in [2.05, 4.69) is 77.0 Å². The first-order valence-corrected chi connectivity index (χ1v) is 12.4. The quantitative estimate of drug-likeness (QED) is 0.280. The molecule has 35 heavy (non-hydrogen) atoms. The number of rotatable bonds is 4. The van der Waals surface area contributed by atoms with Crippen LogP contribution in [0.4, 0.5) is 11.4 Å². The molecule has 0 spiro atoms. The lowest BCUT2D eigenvalue weighted by molar-refractivity contribution is 0.620. The number of para-hydroxylation sites is 2. The summed E-state index contributed by atoms with van der Waals surface area (Å²) < 4.78 is 8.54. The van der Waals surface area contributed by atoms with Crippen molar-refractivity contribution in [2.45, 2.75) is 0 Å². The molecule has 0 fully saturated rings. The molecular weight excluding hydrogens is 448 g/mol. The molecule has 0 aliphatic rings. The second kappa shape index (κ2) is 8.12. The Kier molecular flexibility index (Phi) is 4.64. The van der Waals surface area contributed by atoms with Gasteiger partial charge in [-0.2, -0.15) is 0 Å². The van der Waals surface area contributed by atoms with Crippen LogP contribution in [0.3, 0.4) is 0 Å². The van der Waals surface area contributed by atoms with E-state index in [0.717, 1.165) is 28.0 Å². The highest BCUT2D eigenvalue weighted by Crippen LogP contribution is 2.36. The monoisotopic (exact) mass is 468 g/mol. The van der Waals surface area contributed by atoms with Gasteiger partial charge in [0.05, 0.1) is 0 Å². The highest BCUT2D eigenvalue weighted by molar-refractivity contribution is 7.25. The number of fused-ring (bicyclic) bond motifs is 4. The number of hydrogen-bond acceptors (Lipinski definition) is 4. The van der Waals surface area contributed by atoms with Crippen molar-refractivity contribution in [3.63, 3.8) is 0 Å². The Morgan fingerprint density at radius 3 is 2.03 bits per heavy atom. The zero-order valence-electron chi connectivity index (χ0n) is 18.7. The van der Waals surface area contributed by atoms with Crippen molar-refractivity contribution in [3.05, 3.63) is 115 Å². The largest absolute Gasteiger partial charge is 0.436 e. The molecule has 7 rings (SSSR count). The molecule has 0 saturated carbocycles. The lowest BCUT2D eigenvalue weighted by Gasteiger charge is -2.08. The van der Waals surface area contributed by atoms with Crippen molar-refractivity contribution in [2.75, 3.05) is 5.32 Å². The zero-order chi connectivity index (χ0) is 23.2. The van der Waals surface area contributed by atoms with Gasteiger partial charge in [0.25, 0.3) is 0 Å². The molecule has 0 atom stereocenters. The molecule has 7 aromatic rings. The Morgan fingerprint density at radius 2 is 1.23 bits per heavy atom. The molecule has 0 unspecified atom stereocenters. The summed E-state index contributed by atoms with van der Waals surface area (Å²) >= 11 is 1.85. The fourth-order valence-corrected chi connectivity index (χ4v) is 5.66. The van der Waals surface area contributed by atoms with Gasteiger partial charge in [-0.1, -0.05) is 54.6 Å². The fourth-order valence-electron chi connectivity index (χ4n) is 4.51. The van der Waals surface area contributed by atoms with Gasteiger partial charge in [0.1, 0.15) is 5.52 Å². The third-order valence-corrected chi connectivity index (χ3v) is 7.44. The van der Waals surface area contributed by atoms with Crippen LogP contribution in [0.2, 0.25) is 0 Å². The number of nitrogens with zero attached hydrogens (tertiary/aromatic N) is 1. The Bertz CT molecular complexity index is 1780. The molecule has 4 heteroatoms. The molecule has 5 aromatic carbocycles. The van der Waals surface area contributed by atoms with Crippen molar-refractivity contribution < 1.29 is 4.42 Å². The minimum absolute atomic E-state index is 0.637. The fraction of sp³-hybridized carbons (Fsp3) is 0. The van der Waals surface area contributed by atoms with Crippen molar-refractivity contribution in [2.24, 2.45) is 0 Å². The first kappa shape index (κ1) is 20.0. The van der Waals surface area contributed by atoms with Crippen LogP contribution in [0, 0.1) is 0 Å². The van der Waals surface area contributed by atoms with Gasteiger partial charge < -0.3 is 9.73 Å². The van der Waals surface area contributed by atoms with E-state index >= 15 is 0 Å². The summed E-state index contributed by atoms with van der Waals surface area (Å²) in [6.45, 7) is 0. The maximum Gasteiger partial charge on any atom is 0.227 e. The highest BCUT2D eigenvalue weighted by Gasteiger charge is 2.09. The Morgan fingerprint density at radius 1 is 0.571 bits per heavy atom. The van der Waals surface area contributed by atoms with Crippen LogP contribution in [0.5, 0.6) is 0 Å². The summed E-state index contributed by atoms with van der Waals surface area (Å²) in [4.78, 5) is 4.58. The van der Waals surface area contributed by atoms with Crippen LogP contribution in [0.15, 0.2) is 120 Å². The minimum atomic E-state index is 0.637. The lowest BCUT2D eigenvalue weighted by atomic mass is 10.0. The third kappa shape index (κ3) is 3.65. The van der Waals surface area contributed by atoms with Gasteiger partial charge in [-0.05, 0) is 71.8 Å². The third-order valence-electron chi connectivity index (χ3n) is 6.31. The number of oxazole rings is 1. The van der Waals surface area contributed by atoms with Crippen LogP contribution in [-0.2, 0) is 0 Å². The number of benzene rings is 5. The summed E-state index contributed by atoms with van der Waals surface area (Å²) in [5, 5.41) is 6.15. The number of anilines is 2. The predicted molar refractivity (Wildman–Crippen MR) is 147 cm³/mol. The second-order valence-corrected chi connectivity index (χ2v) is 9.66. The molecule has 0 saturated heterocycles. The van der Waals surface area contributed by atoms with Crippen LogP contribution in [-0.4, -0.2) is 4.98 Å². The van der Waals surface area contributed by atoms with Crippen LogP contribution in [0.1, 0.15) is 0 Å². The van der Waals surface area contributed by atoms with Crippen LogP contribution < -0.4 is 5.32 Å². The molecule has 0 aliphatic carbocycles. The molecule has 0 bridgehead atoms. The van der Waals surface area contributed by atoms with Gasteiger partial charge in [0, 0.05) is 37.1 Å². The highest BCUT2D eigenvalue weighted by atomic mass is 32.1. The summed E-state index contributed by atoms with van der Waals surface area (Å²) in [7, 11) is 0. The number of nitrogens with one attached hydrogen (secondary N) is 1. The maximum absolute atomic E-state index is 5.88. The SMILES string of the molecule is c1ccc2oc(-c3ccc(Nc4ccc(-c5ccc6c(c5)sc5ccccc56)cc4)cc3)nc2c1. The van der Waals surface area contributed by atoms with Gasteiger partial charge in [-0.3, -0.25) is 0 Å². The number of hydrogen-bond donors (Lipinski definition) is 1. The summed E-state index contributed by atoms with van der Waals surface area (Å²) in [6, 6.07) is 39.9. The van der Waals surface area contributed by atoms with Crippen LogP contribution in [0.25, 0.3) is 53.9 Å². The number of thiophene rings is 1. The van der Waals surface area contributed by atoms with Crippen molar-refractivity contribution in [1.82, 2.24) is 4.98 Å². The Hall–Kier alpha value is -4.41. The van der Waals surface area contributed by atoms with Gasteiger partial charge in [-0.15, -0.1) is 11.3 Å². The predicted octanol–water partition coefficient (Wildman–Crippen LogP) is 9.27. The van der Waals surface area contributed by atoms with Crippen molar-refractivity contribution in [1.29, 1.82) is 0 Å². The average molecular weight is 469 g/mol. The molecule has 3 nitrogen and oxygen atoms in total. The van der Waals surface area contributed by atoms with Gasteiger partial charge >= 0.3 is 0 Å². The maximum atomic E-state index is 5.88. The van der Waals surface area contributed by atoms with E-state index in [1.54, 1.807) is 0 Å². The minimum Gasteiger partial charge on any atom is -0.436 e. The number of aromatic nitrogens is 1. The lowest BCUT2D eigenvalue weighted by Crippen LogP contribution is -1.90. The van der Waals surface area contributed by atoms with E-state index < -0.39 is 0 Å². The normalized spacial score (nSPS) is 11.4. The van der Waals surface area contributed by atoms with Crippen molar-refractivity contribution >= 4 is 54.0 Å². The van der Waals surface area contributed by atoms with E-state index in [9.17, 15) is 0 Å². The summed E-state index contributed by atoms with van der Waals surface area (Å²) in [5.74, 6) is 0.637. The summed E-state index contributed by atoms with van der Waals surface area (Å²) in [6.07, 6.45) is 0. The molecule has 2 heterocycles. The first-order valence-electron chi connectivity index (χ1n) is 11.5. The standard InChI is InChI=1S/C31H20N2OS/c1-4-8-29-25(5-1)26-18-13-22(19-30(26)35-29)20-9-14-23(15-10-20)32-24-16-11-21(12-17-24)31-33-27-6-2-3-7-28(27)34-31/h1-19,32H. The Balaban J connectivity index is 1.11. The van der Waals surface area contributed by atoms with E-state index in [0.29, 0.717) is 5.89 Å². The first-order chi connectivity index (χ1) is 17.3. The van der Waals surface area contributed by atoms with Crippen LogP contribution >= 0.6 is 11.3 Å². The Labute approximate surface area is 206 Å². The second-order valence-electron chi connectivity index (χ2n) is 8.58. The molecular formula is C31H20N2OS. The molecule has 1 N–H and O–H groups in total. The molecule has 166 valence electrons. The summed E-state index contributed by atoms with van der Waals surface area (Å²) in [5.41, 5.74) is 7.14. The van der Waals surface area contributed by atoms with Gasteiger partial charge in [0.2, 0.25) is 5.89 Å². The topological polar surface area (TPSA) is 38.1 Å². The van der Waals surface area contributed by atoms with Gasteiger partial charge in [0.15, 0.2) is 5.58 Å². The smallest absolute Gasteiger partial charge is 0.227 e. The molecule has 0 radical (unpaired) electrons. The van der Waals surface area contributed by atoms with E-state index in [-0.39, 0.29) is 0 Å². The van der Waals surface area contributed by atoms with E-state index in [1.807, 2.05) is 59.9 Å². The van der Waals surface area contributed by atoms with Gasteiger partial charge in [-0.25, -0.2) is 4.98 Å². The average Bonchev–Trinajstić information content (AvgIpc) is 3.51. The molecule has 2 aromatic heterocycles. The van der Waals surface area contributed by atoms with E-state index in [4.69, 9.17) is 4.42 Å². The zero-order valence-corrected chi connectivity index (χ0v) is 19.5. The molecule has 0 amide bonds. The van der Waals surface area contributed by atoms with E-state index in [1.165, 1.54) is 31.3 Å². The van der Waals surface area contributed by atoms with Crippen molar-refractivity contribution in [3.8, 4) is 22.6 Å².